The monoisotopic (exact) mass is 242 g/mol. The zero-order valence-electron chi connectivity index (χ0n) is 10.6. The van der Waals surface area contributed by atoms with Crippen molar-refractivity contribution in [2.24, 2.45) is 0 Å². The fourth-order valence-electron chi connectivity index (χ4n) is 1.64. The molecular formula is C14H18N4. The third-order valence-corrected chi connectivity index (χ3v) is 2.54. The first-order chi connectivity index (χ1) is 8.88. The average Bonchev–Trinajstić information content (AvgIpc) is 2.42. The molecule has 0 fully saturated rings. The molecule has 2 rings (SSSR count). The van der Waals surface area contributed by atoms with Gasteiger partial charge in [0, 0.05) is 37.6 Å². The Labute approximate surface area is 107 Å². The first-order valence-electron chi connectivity index (χ1n) is 6.18. The van der Waals surface area contributed by atoms with Crippen LogP contribution in [0.25, 0.3) is 0 Å². The van der Waals surface area contributed by atoms with Crippen LogP contribution >= 0.6 is 0 Å². The molecule has 2 aromatic rings. The van der Waals surface area contributed by atoms with Crippen LogP contribution in [0.1, 0.15) is 18.1 Å². The summed E-state index contributed by atoms with van der Waals surface area (Å²) in [5.41, 5.74) is 2.37. The molecule has 0 aliphatic rings. The van der Waals surface area contributed by atoms with Gasteiger partial charge in [-0.2, -0.15) is 0 Å². The zero-order valence-corrected chi connectivity index (χ0v) is 10.6. The predicted octanol–water partition coefficient (Wildman–Crippen LogP) is 2.20. The Morgan fingerprint density at radius 2 is 1.61 bits per heavy atom. The van der Waals surface area contributed by atoms with Crippen molar-refractivity contribution in [1.29, 1.82) is 0 Å². The highest BCUT2D eigenvalue weighted by Gasteiger charge is 1.96. The van der Waals surface area contributed by atoms with E-state index in [1.165, 1.54) is 5.56 Å². The van der Waals surface area contributed by atoms with Gasteiger partial charge in [-0.3, -0.25) is 0 Å². The summed E-state index contributed by atoms with van der Waals surface area (Å²) in [5.74, 6) is 0.685. The molecular weight excluding hydrogens is 224 g/mol. The molecule has 0 unspecified atom stereocenters. The minimum absolute atomic E-state index is 0.685. The Hall–Kier alpha value is -1.94. The van der Waals surface area contributed by atoms with Gasteiger partial charge in [0.15, 0.2) is 0 Å². The second-order valence-electron chi connectivity index (χ2n) is 4.03. The molecule has 1 aromatic carbocycles. The van der Waals surface area contributed by atoms with E-state index in [9.17, 15) is 0 Å². The van der Waals surface area contributed by atoms with Gasteiger partial charge in [-0.05, 0) is 12.5 Å². The largest absolute Gasteiger partial charge is 0.355 e. The van der Waals surface area contributed by atoms with E-state index in [1.807, 2.05) is 37.5 Å². The number of anilines is 1. The van der Waals surface area contributed by atoms with Crippen molar-refractivity contribution >= 4 is 5.95 Å². The van der Waals surface area contributed by atoms with Crippen molar-refractivity contribution < 1.29 is 0 Å². The highest BCUT2D eigenvalue weighted by molar-refractivity contribution is 5.24. The summed E-state index contributed by atoms with van der Waals surface area (Å²) < 4.78 is 0. The van der Waals surface area contributed by atoms with Gasteiger partial charge < -0.3 is 10.6 Å². The van der Waals surface area contributed by atoms with Crippen molar-refractivity contribution in [3.8, 4) is 0 Å². The minimum Gasteiger partial charge on any atom is -0.355 e. The molecule has 0 atom stereocenters. The van der Waals surface area contributed by atoms with Crippen LogP contribution in [0.5, 0.6) is 0 Å². The van der Waals surface area contributed by atoms with E-state index in [-0.39, 0.29) is 0 Å². The Balaban J connectivity index is 1.80. The smallest absolute Gasteiger partial charge is 0.222 e. The van der Waals surface area contributed by atoms with E-state index in [0.717, 1.165) is 25.2 Å². The SMILES string of the molecule is CCNc1ncc(CNCc2ccccc2)cn1. The number of hydrogen-bond donors (Lipinski definition) is 2. The third-order valence-electron chi connectivity index (χ3n) is 2.54. The Morgan fingerprint density at radius 3 is 2.28 bits per heavy atom. The van der Waals surface area contributed by atoms with Gasteiger partial charge in [-0.15, -0.1) is 0 Å². The van der Waals surface area contributed by atoms with E-state index in [2.05, 4.69) is 32.7 Å². The standard InChI is InChI=1S/C14H18N4/c1-2-16-14-17-10-13(11-18-14)9-15-8-12-6-4-3-5-7-12/h3-7,10-11,15H,2,8-9H2,1H3,(H,16,17,18). The lowest BCUT2D eigenvalue weighted by Gasteiger charge is -2.05. The van der Waals surface area contributed by atoms with Gasteiger partial charge in [0.05, 0.1) is 0 Å². The minimum atomic E-state index is 0.685. The molecule has 0 radical (unpaired) electrons. The number of nitrogens with one attached hydrogen (secondary N) is 2. The first kappa shape index (κ1) is 12.5. The normalized spacial score (nSPS) is 10.3. The Morgan fingerprint density at radius 1 is 0.944 bits per heavy atom. The maximum absolute atomic E-state index is 4.23. The molecule has 0 aliphatic carbocycles. The van der Waals surface area contributed by atoms with E-state index in [0.29, 0.717) is 5.95 Å². The number of hydrogen-bond acceptors (Lipinski definition) is 4. The van der Waals surface area contributed by atoms with Crippen LogP contribution in [-0.4, -0.2) is 16.5 Å². The topological polar surface area (TPSA) is 49.8 Å². The summed E-state index contributed by atoms with van der Waals surface area (Å²) in [6.45, 7) is 4.50. The summed E-state index contributed by atoms with van der Waals surface area (Å²) in [6, 6.07) is 10.3. The molecule has 0 amide bonds. The van der Waals surface area contributed by atoms with Crippen LogP contribution in [0.2, 0.25) is 0 Å². The van der Waals surface area contributed by atoms with Crippen LogP contribution in [0, 0.1) is 0 Å². The molecule has 0 saturated carbocycles. The lowest BCUT2D eigenvalue weighted by atomic mass is 10.2. The Bertz CT molecular complexity index is 453. The zero-order chi connectivity index (χ0) is 12.6. The molecule has 0 saturated heterocycles. The number of rotatable bonds is 6. The van der Waals surface area contributed by atoms with Crippen molar-refractivity contribution in [1.82, 2.24) is 15.3 Å². The van der Waals surface area contributed by atoms with Gasteiger partial charge in [0.1, 0.15) is 0 Å². The molecule has 0 bridgehead atoms. The summed E-state index contributed by atoms with van der Waals surface area (Å²) in [7, 11) is 0. The first-order valence-corrected chi connectivity index (χ1v) is 6.18. The van der Waals surface area contributed by atoms with Crippen LogP contribution in [-0.2, 0) is 13.1 Å². The number of aromatic nitrogens is 2. The predicted molar refractivity (Wildman–Crippen MR) is 73.2 cm³/mol. The van der Waals surface area contributed by atoms with E-state index < -0.39 is 0 Å². The van der Waals surface area contributed by atoms with Gasteiger partial charge in [-0.25, -0.2) is 9.97 Å². The molecule has 2 N–H and O–H groups in total. The van der Waals surface area contributed by atoms with Crippen molar-refractivity contribution in [2.45, 2.75) is 20.0 Å². The average molecular weight is 242 g/mol. The molecule has 0 spiro atoms. The quantitative estimate of drug-likeness (QED) is 0.815. The van der Waals surface area contributed by atoms with E-state index in [4.69, 9.17) is 0 Å². The molecule has 18 heavy (non-hydrogen) atoms. The summed E-state index contributed by atoms with van der Waals surface area (Å²) in [4.78, 5) is 8.46. The van der Waals surface area contributed by atoms with Gasteiger partial charge in [0.2, 0.25) is 5.95 Å². The molecule has 4 heteroatoms. The highest BCUT2D eigenvalue weighted by atomic mass is 15.1. The summed E-state index contributed by atoms with van der Waals surface area (Å²) >= 11 is 0. The van der Waals surface area contributed by atoms with E-state index >= 15 is 0 Å². The molecule has 4 nitrogen and oxygen atoms in total. The summed E-state index contributed by atoms with van der Waals surface area (Å²) in [6.07, 6.45) is 3.70. The maximum atomic E-state index is 4.23. The summed E-state index contributed by atoms with van der Waals surface area (Å²) in [5, 5.41) is 6.44. The fourth-order valence-corrected chi connectivity index (χ4v) is 1.64. The van der Waals surface area contributed by atoms with Crippen LogP contribution in [0.3, 0.4) is 0 Å². The van der Waals surface area contributed by atoms with Crippen molar-refractivity contribution in [2.75, 3.05) is 11.9 Å². The highest BCUT2D eigenvalue weighted by Crippen LogP contribution is 2.01. The second-order valence-corrected chi connectivity index (χ2v) is 4.03. The Kier molecular flexibility index (Phi) is 4.67. The van der Waals surface area contributed by atoms with Crippen molar-refractivity contribution in [3.63, 3.8) is 0 Å². The van der Waals surface area contributed by atoms with Gasteiger partial charge >= 0.3 is 0 Å². The number of benzene rings is 1. The van der Waals surface area contributed by atoms with Crippen molar-refractivity contribution in [3.05, 3.63) is 53.9 Å². The molecule has 1 heterocycles. The maximum Gasteiger partial charge on any atom is 0.222 e. The second kappa shape index (κ2) is 6.71. The fraction of sp³-hybridized carbons (Fsp3) is 0.286. The lowest BCUT2D eigenvalue weighted by molar-refractivity contribution is 0.689. The number of nitrogens with zero attached hydrogens (tertiary/aromatic N) is 2. The van der Waals surface area contributed by atoms with E-state index in [1.54, 1.807) is 0 Å². The van der Waals surface area contributed by atoms with Crippen LogP contribution in [0.4, 0.5) is 5.95 Å². The third kappa shape index (κ3) is 3.82. The molecule has 94 valence electrons. The van der Waals surface area contributed by atoms with Crippen LogP contribution in [0.15, 0.2) is 42.7 Å². The van der Waals surface area contributed by atoms with Crippen LogP contribution < -0.4 is 10.6 Å². The molecule has 0 aliphatic heterocycles. The van der Waals surface area contributed by atoms with Gasteiger partial charge in [-0.1, -0.05) is 30.3 Å². The molecule has 1 aromatic heterocycles. The lowest BCUT2D eigenvalue weighted by Crippen LogP contribution is -2.13. The van der Waals surface area contributed by atoms with Gasteiger partial charge in [0.25, 0.3) is 0 Å².